The highest BCUT2D eigenvalue weighted by molar-refractivity contribution is 5.95. The molecule has 29 heavy (non-hydrogen) atoms. The molecular formula is C24H29NO4. The van der Waals surface area contributed by atoms with E-state index < -0.39 is 5.63 Å². The zero-order chi connectivity index (χ0) is 20.4. The summed E-state index contributed by atoms with van der Waals surface area (Å²) in [6, 6.07) is 12.1. The zero-order valence-corrected chi connectivity index (χ0v) is 17.2. The highest BCUT2D eigenvalue weighted by Gasteiger charge is 2.44. The van der Waals surface area contributed by atoms with Crippen LogP contribution in [0, 0.1) is 18.8 Å². The molecule has 1 aliphatic carbocycles. The molecule has 2 fully saturated rings. The van der Waals surface area contributed by atoms with Gasteiger partial charge in [-0.1, -0.05) is 30.3 Å². The molecular weight excluding hydrogens is 366 g/mol. The van der Waals surface area contributed by atoms with Crippen LogP contribution in [0.15, 0.2) is 45.6 Å². The molecule has 2 aliphatic rings. The lowest BCUT2D eigenvalue weighted by Crippen LogP contribution is -2.49. The van der Waals surface area contributed by atoms with Gasteiger partial charge in [0, 0.05) is 38.5 Å². The third kappa shape index (κ3) is 4.15. The summed E-state index contributed by atoms with van der Waals surface area (Å²) >= 11 is 0. The van der Waals surface area contributed by atoms with Gasteiger partial charge in [0.1, 0.15) is 11.3 Å². The van der Waals surface area contributed by atoms with Crippen molar-refractivity contribution in [3.63, 3.8) is 0 Å². The monoisotopic (exact) mass is 395 g/mol. The average molecular weight is 395 g/mol. The van der Waals surface area contributed by atoms with Gasteiger partial charge >= 0.3 is 5.63 Å². The number of amides is 1. The number of piperidine rings is 1. The number of aryl methyl sites for hydroxylation is 3. The second kappa shape index (κ2) is 8.54. The predicted molar refractivity (Wildman–Crippen MR) is 111 cm³/mol. The topological polar surface area (TPSA) is 59.8 Å². The molecule has 1 saturated carbocycles. The molecule has 1 amide bonds. The number of benzene rings is 1. The minimum atomic E-state index is -0.508. The molecule has 3 atom stereocenters. The number of carbonyl (C=O) groups is 1. The summed E-state index contributed by atoms with van der Waals surface area (Å²) < 4.78 is 11.1. The van der Waals surface area contributed by atoms with Crippen molar-refractivity contribution in [1.29, 1.82) is 0 Å². The van der Waals surface area contributed by atoms with Gasteiger partial charge in [-0.25, -0.2) is 4.79 Å². The Kier molecular flexibility index (Phi) is 5.86. The Bertz CT molecular complexity index is 906. The van der Waals surface area contributed by atoms with Crippen molar-refractivity contribution in [2.75, 3.05) is 20.2 Å². The quantitative estimate of drug-likeness (QED) is 0.750. The van der Waals surface area contributed by atoms with E-state index in [1.165, 1.54) is 5.56 Å². The zero-order valence-electron chi connectivity index (χ0n) is 17.2. The van der Waals surface area contributed by atoms with Crippen molar-refractivity contribution >= 4 is 5.91 Å². The second-order valence-electron chi connectivity index (χ2n) is 8.41. The van der Waals surface area contributed by atoms with Gasteiger partial charge in [0.2, 0.25) is 0 Å². The van der Waals surface area contributed by atoms with Crippen molar-refractivity contribution in [2.24, 2.45) is 11.8 Å². The fourth-order valence-electron chi connectivity index (χ4n) is 5.05. The lowest BCUT2D eigenvalue weighted by molar-refractivity contribution is -0.0115. The number of hydrogen-bond donors (Lipinski definition) is 0. The summed E-state index contributed by atoms with van der Waals surface area (Å²) in [4.78, 5) is 27.6. The fourth-order valence-corrected chi connectivity index (χ4v) is 5.05. The molecule has 1 saturated heterocycles. The van der Waals surface area contributed by atoms with Crippen molar-refractivity contribution in [3.8, 4) is 0 Å². The molecule has 1 aromatic carbocycles. The Morgan fingerprint density at radius 1 is 1.14 bits per heavy atom. The Labute approximate surface area is 171 Å². The molecule has 2 aromatic rings. The third-order valence-electron chi connectivity index (χ3n) is 6.45. The van der Waals surface area contributed by atoms with Crippen molar-refractivity contribution in [3.05, 3.63) is 69.3 Å². The summed E-state index contributed by atoms with van der Waals surface area (Å²) in [5, 5.41) is 0. The Morgan fingerprint density at radius 3 is 2.45 bits per heavy atom. The number of ether oxygens (including phenoxy) is 1. The van der Waals surface area contributed by atoms with Crippen molar-refractivity contribution < 1.29 is 13.9 Å². The van der Waals surface area contributed by atoms with E-state index in [9.17, 15) is 9.59 Å². The standard InChI is InChI=1S/C24H29NO4/c1-16-13-20(10-6-9-17-7-4-3-5-8-17)29-24(27)21(16)23(26)25-14-18-11-12-19(15-25)22(18)28-2/h3-5,7-8,13,18-19,22H,6,9-12,14-15H2,1-2H3/t18-,19+,22?. The molecule has 0 radical (unpaired) electrons. The number of likely N-dealkylation sites (tertiary alicyclic amines) is 1. The van der Waals surface area contributed by atoms with Gasteiger partial charge in [0.15, 0.2) is 0 Å². The number of rotatable bonds is 6. The molecule has 5 nitrogen and oxygen atoms in total. The van der Waals surface area contributed by atoms with E-state index in [2.05, 4.69) is 12.1 Å². The van der Waals surface area contributed by atoms with E-state index >= 15 is 0 Å². The first-order chi connectivity index (χ1) is 14.1. The van der Waals surface area contributed by atoms with Crippen LogP contribution in [0.3, 0.4) is 0 Å². The van der Waals surface area contributed by atoms with Gasteiger partial charge in [0.05, 0.1) is 6.10 Å². The maximum Gasteiger partial charge on any atom is 0.349 e. The van der Waals surface area contributed by atoms with Crippen LogP contribution in [0.4, 0.5) is 0 Å². The Morgan fingerprint density at radius 2 is 1.83 bits per heavy atom. The van der Waals surface area contributed by atoms with Crippen LogP contribution < -0.4 is 5.63 Å². The molecule has 154 valence electrons. The Hall–Kier alpha value is -2.40. The number of nitrogens with zero attached hydrogens (tertiary/aromatic N) is 1. The highest BCUT2D eigenvalue weighted by Crippen LogP contribution is 2.39. The van der Waals surface area contributed by atoms with Gasteiger partial charge < -0.3 is 14.1 Å². The summed E-state index contributed by atoms with van der Waals surface area (Å²) in [5.74, 6) is 1.19. The number of methoxy groups -OCH3 is 1. The van der Waals surface area contributed by atoms with Gasteiger partial charge in [-0.2, -0.15) is 0 Å². The number of hydrogen-bond acceptors (Lipinski definition) is 4. The first-order valence-electron chi connectivity index (χ1n) is 10.6. The molecule has 1 unspecified atom stereocenters. The van der Waals surface area contributed by atoms with Gasteiger partial charge in [-0.15, -0.1) is 0 Å². The van der Waals surface area contributed by atoms with Crippen LogP contribution in [-0.4, -0.2) is 37.1 Å². The van der Waals surface area contributed by atoms with Gasteiger partial charge in [0.25, 0.3) is 5.91 Å². The Balaban J connectivity index is 1.43. The SMILES string of the molecule is COC1[C@@H]2CC[C@H]1CN(C(=O)c1c(C)cc(CCCc3ccccc3)oc1=O)C2. The maximum atomic E-state index is 13.1. The number of fused-ring (bicyclic) bond motifs is 2. The van der Waals surface area contributed by atoms with E-state index in [0.717, 1.165) is 25.7 Å². The number of carbonyl (C=O) groups excluding carboxylic acids is 1. The summed E-state index contributed by atoms with van der Waals surface area (Å²) in [6.45, 7) is 3.15. The maximum absolute atomic E-state index is 13.1. The predicted octanol–water partition coefficient (Wildman–Crippen LogP) is 3.62. The average Bonchev–Trinajstić information content (AvgIpc) is 2.95. The molecule has 1 aliphatic heterocycles. The van der Waals surface area contributed by atoms with Gasteiger partial charge in [-0.05, 0) is 49.8 Å². The van der Waals surface area contributed by atoms with Crippen molar-refractivity contribution in [2.45, 2.75) is 45.1 Å². The molecule has 0 spiro atoms. The minimum absolute atomic E-state index is 0.187. The van der Waals surface area contributed by atoms with Crippen LogP contribution in [0.1, 0.15) is 46.5 Å². The molecule has 2 bridgehead atoms. The first kappa shape index (κ1) is 19.9. The lowest BCUT2D eigenvalue weighted by Gasteiger charge is -2.37. The van der Waals surface area contributed by atoms with Crippen LogP contribution in [0.5, 0.6) is 0 Å². The van der Waals surface area contributed by atoms with Crippen LogP contribution >= 0.6 is 0 Å². The van der Waals surface area contributed by atoms with Crippen LogP contribution in [0.25, 0.3) is 0 Å². The third-order valence-corrected chi connectivity index (χ3v) is 6.45. The van der Waals surface area contributed by atoms with E-state index in [4.69, 9.17) is 9.15 Å². The molecule has 5 heteroatoms. The molecule has 4 rings (SSSR count). The summed E-state index contributed by atoms with van der Waals surface area (Å²) in [6.07, 6.45) is 4.92. The highest BCUT2D eigenvalue weighted by atomic mass is 16.5. The molecule has 1 aromatic heterocycles. The minimum Gasteiger partial charge on any atom is -0.427 e. The molecule has 2 heterocycles. The fraction of sp³-hybridized carbons (Fsp3) is 0.500. The first-order valence-corrected chi connectivity index (χ1v) is 10.6. The van der Waals surface area contributed by atoms with Gasteiger partial charge in [-0.3, -0.25) is 4.79 Å². The van der Waals surface area contributed by atoms with Crippen LogP contribution in [-0.2, 0) is 17.6 Å². The normalized spacial score (nSPS) is 23.4. The van der Waals surface area contributed by atoms with E-state index in [-0.39, 0.29) is 17.6 Å². The summed E-state index contributed by atoms with van der Waals surface area (Å²) in [5.41, 5.74) is 1.66. The summed E-state index contributed by atoms with van der Waals surface area (Å²) in [7, 11) is 1.75. The smallest absolute Gasteiger partial charge is 0.349 e. The molecule has 0 N–H and O–H groups in total. The second-order valence-corrected chi connectivity index (χ2v) is 8.41. The van der Waals surface area contributed by atoms with E-state index in [1.54, 1.807) is 7.11 Å². The van der Waals surface area contributed by atoms with E-state index in [0.29, 0.717) is 42.7 Å². The lowest BCUT2D eigenvalue weighted by atomic mass is 9.94. The van der Waals surface area contributed by atoms with E-state index in [1.807, 2.05) is 36.1 Å². The van der Waals surface area contributed by atoms with Crippen LogP contribution in [0.2, 0.25) is 0 Å². The van der Waals surface area contributed by atoms with Crippen molar-refractivity contribution in [1.82, 2.24) is 4.90 Å². The largest absolute Gasteiger partial charge is 0.427 e.